The SMILES string of the molecule is CC/C=C\C/C=C\C/C=C\C/C=C\C/C=C\CCCCCCCCCC(=O)OCC(COC(=O)CCCCCCCCC)OC(=O)CCCCCCCCCCC/C=C\CCCCCCCCCC. The molecule has 6 nitrogen and oxygen atoms in total. The van der Waals surface area contributed by atoms with E-state index in [1.165, 1.54) is 154 Å². The Hall–Kier alpha value is -3.15. The highest BCUT2D eigenvalue weighted by molar-refractivity contribution is 5.71. The van der Waals surface area contributed by atoms with E-state index < -0.39 is 6.10 Å². The van der Waals surface area contributed by atoms with Crippen LogP contribution < -0.4 is 0 Å². The normalized spacial score (nSPS) is 12.6. The number of unbranched alkanes of at least 4 members (excludes halogenated alkanes) is 30. The molecule has 0 N–H and O–H groups in total. The minimum atomic E-state index is -0.778. The summed E-state index contributed by atoms with van der Waals surface area (Å²) in [5.74, 6) is -0.890. The molecule has 6 heteroatoms. The van der Waals surface area contributed by atoms with Crippen molar-refractivity contribution in [1.29, 1.82) is 0 Å². The Morgan fingerprint density at radius 3 is 0.899 bits per heavy atom. The molecule has 0 rings (SSSR count). The smallest absolute Gasteiger partial charge is 0.306 e. The maximum absolute atomic E-state index is 12.8. The third kappa shape index (κ3) is 55.6. The quantitative estimate of drug-likeness (QED) is 0.0262. The van der Waals surface area contributed by atoms with Gasteiger partial charge in [0.1, 0.15) is 13.2 Å². The van der Waals surface area contributed by atoms with E-state index in [4.69, 9.17) is 14.2 Å². The molecule has 0 aliphatic rings. The van der Waals surface area contributed by atoms with Crippen molar-refractivity contribution in [2.45, 2.75) is 297 Å². The molecule has 0 aliphatic carbocycles. The highest BCUT2D eigenvalue weighted by Gasteiger charge is 2.19. The number of ether oxygens (including phenoxy) is 3. The zero-order valence-electron chi connectivity index (χ0n) is 45.6. The summed E-state index contributed by atoms with van der Waals surface area (Å²) in [6.45, 7) is 6.49. The summed E-state index contributed by atoms with van der Waals surface area (Å²) in [5.41, 5.74) is 0. The highest BCUT2D eigenvalue weighted by Crippen LogP contribution is 2.16. The Balaban J connectivity index is 4.21. The summed E-state index contributed by atoms with van der Waals surface area (Å²) >= 11 is 0. The van der Waals surface area contributed by atoms with E-state index in [-0.39, 0.29) is 31.1 Å². The molecular weight excluding hydrogens is 853 g/mol. The Morgan fingerprint density at radius 2 is 0.565 bits per heavy atom. The van der Waals surface area contributed by atoms with Gasteiger partial charge in [-0.1, -0.05) is 254 Å². The van der Waals surface area contributed by atoms with Gasteiger partial charge in [0.15, 0.2) is 6.10 Å². The molecule has 0 saturated carbocycles. The Morgan fingerprint density at radius 1 is 0.304 bits per heavy atom. The van der Waals surface area contributed by atoms with Gasteiger partial charge in [0.25, 0.3) is 0 Å². The van der Waals surface area contributed by atoms with E-state index in [0.29, 0.717) is 19.3 Å². The van der Waals surface area contributed by atoms with Crippen LogP contribution in [0.4, 0.5) is 0 Å². The predicted octanol–water partition coefficient (Wildman–Crippen LogP) is 19.8. The topological polar surface area (TPSA) is 78.9 Å². The lowest BCUT2D eigenvalue weighted by Gasteiger charge is -2.18. The summed E-state index contributed by atoms with van der Waals surface area (Å²) in [6, 6.07) is 0. The first-order valence-corrected chi connectivity index (χ1v) is 29.4. The van der Waals surface area contributed by atoms with Gasteiger partial charge >= 0.3 is 17.9 Å². The number of hydrogen-bond acceptors (Lipinski definition) is 6. The lowest BCUT2D eigenvalue weighted by atomic mass is 10.1. The number of esters is 3. The standard InChI is InChI=1S/C63H110O6/c1-4-7-10-13-16-18-20-22-24-26-28-30-31-33-34-36-38-40-42-44-47-50-53-56-62(65)68-59-60(58-67-61(64)55-52-49-46-15-12-9-6-3)69-63(66)57-54-51-48-45-43-41-39-37-35-32-29-27-25-23-21-19-17-14-11-8-5-2/h7,10,16,18,22,24,27-30,33-34,60H,4-6,8-9,11-15,17,19-21,23,25-26,31-32,35-59H2,1-3H3/b10-7-,18-16-,24-22-,29-27-,30-28-,34-33-. The van der Waals surface area contributed by atoms with Crippen LogP contribution in [0.1, 0.15) is 290 Å². The van der Waals surface area contributed by atoms with Gasteiger partial charge in [-0.15, -0.1) is 0 Å². The lowest BCUT2D eigenvalue weighted by Crippen LogP contribution is -2.30. The van der Waals surface area contributed by atoms with Gasteiger partial charge in [0, 0.05) is 19.3 Å². The maximum atomic E-state index is 12.8. The van der Waals surface area contributed by atoms with Crippen LogP contribution in [0.15, 0.2) is 72.9 Å². The van der Waals surface area contributed by atoms with Crippen LogP contribution in [-0.2, 0) is 28.6 Å². The Kier molecular flexibility index (Phi) is 54.8. The van der Waals surface area contributed by atoms with Gasteiger partial charge in [0.05, 0.1) is 0 Å². The zero-order valence-corrected chi connectivity index (χ0v) is 45.6. The van der Waals surface area contributed by atoms with Crippen molar-refractivity contribution in [3.05, 3.63) is 72.9 Å². The van der Waals surface area contributed by atoms with E-state index in [2.05, 4.69) is 93.7 Å². The van der Waals surface area contributed by atoms with E-state index >= 15 is 0 Å². The number of allylic oxidation sites excluding steroid dienone is 12. The van der Waals surface area contributed by atoms with E-state index in [1.54, 1.807) is 0 Å². The van der Waals surface area contributed by atoms with Crippen molar-refractivity contribution in [3.8, 4) is 0 Å². The van der Waals surface area contributed by atoms with Gasteiger partial charge in [-0.05, 0) is 89.9 Å². The number of rotatable bonds is 53. The summed E-state index contributed by atoms with van der Waals surface area (Å²) in [4.78, 5) is 38.0. The van der Waals surface area contributed by atoms with Gasteiger partial charge in [-0.2, -0.15) is 0 Å². The molecule has 0 saturated heterocycles. The Bertz CT molecular complexity index is 1290. The number of carbonyl (C=O) groups excluding carboxylic acids is 3. The molecule has 0 heterocycles. The molecule has 1 atom stereocenters. The van der Waals surface area contributed by atoms with Crippen LogP contribution in [0.3, 0.4) is 0 Å². The molecule has 1 unspecified atom stereocenters. The lowest BCUT2D eigenvalue weighted by molar-refractivity contribution is -0.167. The van der Waals surface area contributed by atoms with Crippen molar-refractivity contribution in [1.82, 2.24) is 0 Å². The van der Waals surface area contributed by atoms with Gasteiger partial charge in [-0.25, -0.2) is 0 Å². The average molecular weight is 964 g/mol. The monoisotopic (exact) mass is 963 g/mol. The molecule has 0 bridgehead atoms. The molecular formula is C63H110O6. The van der Waals surface area contributed by atoms with Gasteiger partial charge in [-0.3, -0.25) is 14.4 Å². The van der Waals surface area contributed by atoms with Crippen molar-refractivity contribution in [3.63, 3.8) is 0 Å². The number of carbonyl (C=O) groups is 3. The largest absolute Gasteiger partial charge is 0.462 e. The molecule has 0 spiro atoms. The molecule has 0 aromatic rings. The predicted molar refractivity (Wildman–Crippen MR) is 298 cm³/mol. The Labute approximate surface area is 427 Å². The van der Waals surface area contributed by atoms with Crippen LogP contribution >= 0.6 is 0 Å². The molecule has 398 valence electrons. The average Bonchev–Trinajstić information content (AvgIpc) is 3.35. The van der Waals surface area contributed by atoms with Crippen LogP contribution in [0.5, 0.6) is 0 Å². The van der Waals surface area contributed by atoms with Crippen LogP contribution in [0.2, 0.25) is 0 Å². The van der Waals surface area contributed by atoms with Crippen molar-refractivity contribution in [2.24, 2.45) is 0 Å². The van der Waals surface area contributed by atoms with Crippen molar-refractivity contribution in [2.75, 3.05) is 13.2 Å². The second-order valence-electron chi connectivity index (χ2n) is 19.5. The molecule has 0 amide bonds. The van der Waals surface area contributed by atoms with Gasteiger partial charge in [0.2, 0.25) is 0 Å². The van der Waals surface area contributed by atoms with E-state index in [9.17, 15) is 14.4 Å². The fraction of sp³-hybridized carbons (Fsp3) is 0.762. The minimum Gasteiger partial charge on any atom is -0.462 e. The first-order chi connectivity index (χ1) is 34.0. The second-order valence-corrected chi connectivity index (χ2v) is 19.5. The zero-order chi connectivity index (χ0) is 50.0. The van der Waals surface area contributed by atoms with Gasteiger partial charge < -0.3 is 14.2 Å². The van der Waals surface area contributed by atoms with Crippen molar-refractivity contribution < 1.29 is 28.6 Å². The molecule has 0 aromatic heterocycles. The van der Waals surface area contributed by atoms with Crippen molar-refractivity contribution >= 4 is 17.9 Å². The number of hydrogen-bond donors (Lipinski definition) is 0. The summed E-state index contributed by atoms with van der Waals surface area (Å²) in [5, 5.41) is 0. The molecule has 69 heavy (non-hydrogen) atoms. The van der Waals surface area contributed by atoms with Crippen LogP contribution in [0, 0.1) is 0 Å². The van der Waals surface area contributed by atoms with E-state index in [1.807, 2.05) is 0 Å². The molecule has 0 aromatic carbocycles. The third-order valence-corrected chi connectivity index (χ3v) is 12.7. The van der Waals surface area contributed by atoms with Crippen LogP contribution in [-0.4, -0.2) is 37.2 Å². The summed E-state index contributed by atoms with van der Waals surface area (Å²) < 4.78 is 16.8. The third-order valence-electron chi connectivity index (χ3n) is 12.7. The maximum Gasteiger partial charge on any atom is 0.306 e. The summed E-state index contributed by atoms with van der Waals surface area (Å²) in [7, 11) is 0. The molecule has 0 fully saturated rings. The fourth-order valence-electron chi connectivity index (χ4n) is 8.29. The highest BCUT2D eigenvalue weighted by atomic mass is 16.6. The molecule has 0 aliphatic heterocycles. The second kappa shape index (κ2) is 57.4. The summed E-state index contributed by atoms with van der Waals surface area (Å²) in [6.07, 6.45) is 73.4. The minimum absolute atomic E-state index is 0.0783. The fourth-order valence-corrected chi connectivity index (χ4v) is 8.29. The molecule has 0 radical (unpaired) electrons. The first kappa shape index (κ1) is 65.8. The van der Waals surface area contributed by atoms with E-state index in [0.717, 1.165) is 96.3 Å². The first-order valence-electron chi connectivity index (χ1n) is 29.4. The van der Waals surface area contributed by atoms with Crippen LogP contribution in [0.25, 0.3) is 0 Å².